The molecular formula is C25H31Cl2N3O4S. The molecule has 0 radical (unpaired) electrons. The maximum absolute atomic E-state index is 12.9. The molecule has 2 aromatic rings. The molecule has 2 saturated heterocycles. The lowest BCUT2D eigenvalue weighted by Gasteiger charge is -2.50. The highest BCUT2D eigenvalue weighted by atomic mass is 35.5. The van der Waals surface area contributed by atoms with Gasteiger partial charge in [0.25, 0.3) is 0 Å². The minimum atomic E-state index is -3.44. The maximum atomic E-state index is 12.9. The summed E-state index contributed by atoms with van der Waals surface area (Å²) in [5, 5.41) is 10.7. The van der Waals surface area contributed by atoms with E-state index in [4.69, 9.17) is 23.2 Å². The number of nitrogens with zero attached hydrogens (tertiary/aromatic N) is 3. The molecule has 190 valence electrons. The molecule has 7 nitrogen and oxygen atoms in total. The normalized spacial score (nSPS) is 22.9. The Labute approximate surface area is 217 Å². The first-order valence-electron chi connectivity index (χ1n) is 11.8. The number of hydrogen-bond donors (Lipinski definition) is 1. The molecule has 0 saturated carbocycles. The summed E-state index contributed by atoms with van der Waals surface area (Å²) >= 11 is 12.1. The molecule has 4 rings (SSSR count). The van der Waals surface area contributed by atoms with Gasteiger partial charge in [-0.15, -0.1) is 0 Å². The lowest BCUT2D eigenvalue weighted by molar-refractivity contribution is 0.0153. The zero-order chi connectivity index (χ0) is 25.2. The van der Waals surface area contributed by atoms with Gasteiger partial charge in [0.1, 0.15) is 0 Å². The largest absolute Gasteiger partial charge is 0.465 e. The van der Waals surface area contributed by atoms with E-state index in [2.05, 4.69) is 4.90 Å². The fraction of sp³-hybridized carbons (Fsp3) is 0.480. The number of likely N-dealkylation sites (tertiary alicyclic amines) is 1. The zero-order valence-electron chi connectivity index (χ0n) is 19.7. The quantitative estimate of drug-likeness (QED) is 0.593. The smallest absolute Gasteiger partial charge is 0.407 e. The third-order valence-corrected chi connectivity index (χ3v) is 8.89. The van der Waals surface area contributed by atoms with E-state index in [9.17, 15) is 18.3 Å². The SMILES string of the molecule is CS(=O)(=O)N1C[C@H](Cc2ccc(Cl)cc2)N(C2CCN(C(=O)O)CC2)C[C@@H]1Cc1ccc(Cl)cc1. The first kappa shape index (κ1) is 26.2. The van der Waals surface area contributed by atoms with Crippen LogP contribution in [0, 0.1) is 0 Å². The van der Waals surface area contributed by atoms with Crippen LogP contribution < -0.4 is 0 Å². The summed E-state index contributed by atoms with van der Waals surface area (Å²) in [4.78, 5) is 15.3. The van der Waals surface area contributed by atoms with Crippen LogP contribution in [0.3, 0.4) is 0 Å². The number of piperidine rings is 1. The number of halogens is 2. The molecule has 1 amide bonds. The van der Waals surface area contributed by atoms with E-state index in [1.165, 1.54) is 11.2 Å². The van der Waals surface area contributed by atoms with E-state index in [1.807, 2.05) is 48.5 Å². The van der Waals surface area contributed by atoms with Crippen LogP contribution in [0.4, 0.5) is 4.79 Å². The molecule has 2 atom stereocenters. The molecule has 0 bridgehead atoms. The summed E-state index contributed by atoms with van der Waals surface area (Å²) in [5.41, 5.74) is 2.13. The molecule has 35 heavy (non-hydrogen) atoms. The van der Waals surface area contributed by atoms with Crippen molar-refractivity contribution in [1.29, 1.82) is 0 Å². The van der Waals surface area contributed by atoms with Crippen molar-refractivity contribution >= 4 is 39.3 Å². The van der Waals surface area contributed by atoms with E-state index in [0.717, 1.165) is 24.0 Å². The van der Waals surface area contributed by atoms with Crippen molar-refractivity contribution in [3.05, 3.63) is 69.7 Å². The van der Waals surface area contributed by atoms with Gasteiger partial charge >= 0.3 is 6.09 Å². The van der Waals surface area contributed by atoms with E-state index in [0.29, 0.717) is 49.1 Å². The Kier molecular flexibility index (Phi) is 8.28. The van der Waals surface area contributed by atoms with Crippen LogP contribution in [0.5, 0.6) is 0 Å². The third-order valence-electron chi connectivity index (χ3n) is 7.09. The Bertz CT molecular complexity index is 1120. The first-order valence-corrected chi connectivity index (χ1v) is 14.4. The second kappa shape index (κ2) is 11.0. The molecule has 2 aliphatic heterocycles. The number of carbonyl (C=O) groups is 1. The molecular weight excluding hydrogens is 509 g/mol. The average Bonchev–Trinajstić information content (AvgIpc) is 2.82. The van der Waals surface area contributed by atoms with Crippen LogP contribution in [0.25, 0.3) is 0 Å². The standard InChI is InChI=1S/C25H31Cl2N3O4S/c1-35(33,34)30-17-23(14-18-2-6-20(26)7-3-18)29(22-10-12-28(13-11-22)25(31)32)16-24(30)15-19-4-8-21(27)9-5-19/h2-9,22-24H,10-17H2,1H3,(H,31,32)/t23-,24-/m0/s1. The molecule has 0 aliphatic carbocycles. The van der Waals surface area contributed by atoms with E-state index >= 15 is 0 Å². The minimum absolute atomic E-state index is 0.0197. The van der Waals surface area contributed by atoms with Crippen molar-refractivity contribution in [3.8, 4) is 0 Å². The molecule has 2 aromatic carbocycles. The summed E-state index contributed by atoms with van der Waals surface area (Å²) in [7, 11) is -3.44. The summed E-state index contributed by atoms with van der Waals surface area (Å²) < 4.78 is 27.4. The third kappa shape index (κ3) is 6.68. The predicted octanol–water partition coefficient (Wildman–Crippen LogP) is 4.24. The highest BCUT2D eigenvalue weighted by Gasteiger charge is 2.41. The van der Waals surface area contributed by atoms with Gasteiger partial charge in [0.05, 0.1) is 6.26 Å². The Hall–Kier alpha value is -1.84. The van der Waals surface area contributed by atoms with Gasteiger partial charge in [-0.2, -0.15) is 4.31 Å². The number of rotatable bonds is 6. The summed E-state index contributed by atoms with van der Waals surface area (Å²) in [5.74, 6) is 0. The second-order valence-electron chi connectivity index (χ2n) is 9.50. The maximum Gasteiger partial charge on any atom is 0.407 e. The van der Waals surface area contributed by atoms with Crippen molar-refractivity contribution in [3.63, 3.8) is 0 Å². The zero-order valence-corrected chi connectivity index (χ0v) is 22.0. The number of sulfonamides is 1. The minimum Gasteiger partial charge on any atom is -0.465 e. The fourth-order valence-electron chi connectivity index (χ4n) is 5.32. The molecule has 2 heterocycles. The molecule has 0 spiro atoms. The summed E-state index contributed by atoms with van der Waals surface area (Å²) in [6.45, 7) is 1.95. The van der Waals surface area contributed by atoms with E-state index < -0.39 is 16.1 Å². The van der Waals surface area contributed by atoms with Gasteiger partial charge in [0.2, 0.25) is 10.0 Å². The van der Waals surface area contributed by atoms with Gasteiger partial charge in [-0.1, -0.05) is 47.5 Å². The Balaban J connectivity index is 1.61. The van der Waals surface area contributed by atoms with Crippen LogP contribution in [0.1, 0.15) is 24.0 Å². The van der Waals surface area contributed by atoms with Crippen molar-refractivity contribution in [1.82, 2.24) is 14.1 Å². The van der Waals surface area contributed by atoms with Gasteiger partial charge in [-0.25, -0.2) is 13.2 Å². The molecule has 2 aliphatic rings. The van der Waals surface area contributed by atoms with Crippen molar-refractivity contribution in [2.75, 3.05) is 32.4 Å². The lowest BCUT2D eigenvalue weighted by Crippen LogP contribution is -2.64. The first-order chi connectivity index (χ1) is 16.6. The molecule has 0 aromatic heterocycles. The fourth-order valence-corrected chi connectivity index (χ4v) is 6.70. The lowest BCUT2D eigenvalue weighted by atomic mass is 9.93. The molecule has 10 heteroatoms. The van der Waals surface area contributed by atoms with Crippen LogP contribution >= 0.6 is 23.2 Å². The summed E-state index contributed by atoms with van der Waals surface area (Å²) in [6, 6.07) is 15.2. The van der Waals surface area contributed by atoms with Crippen LogP contribution in [-0.4, -0.2) is 84.3 Å². The highest BCUT2D eigenvalue weighted by Crippen LogP contribution is 2.29. The number of hydrogen-bond acceptors (Lipinski definition) is 4. The van der Waals surface area contributed by atoms with Crippen LogP contribution in [0.15, 0.2) is 48.5 Å². The Morgan fingerprint density at radius 1 is 0.886 bits per heavy atom. The Morgan fingerprint density at radius 3 is 1.83 bits per heavy atom. The van der Waals surface area contributed by atoms with Gasteiger partial charge in [0, 0.05) is 54.3 Å². The van der Waals surface area contributed by atoms with E-state index in [-0.39, 0.29) is 18.1 Å². The van der Waals surface area contributed by atoms with Gasteiger partial charge in [0.15, 0.2) is 0 Å². The van der Waals surface area contributed by atoms with Gasteiger partial charge in [-0.3, -0.25) is 4.90 Å². The van der Waals surface area contributed by atoms with Crippen LogP contribution in [-0.2, 0) is 22.9 Å². The molecule has 2 fully saturated rings. The number of carboxylic acid groups (broad SMARTS) is 1. The van der Waals surface area contributed by atoms with Crippen LogP contribution in [0.2, 0.25) is 10.0 Å². The molecule has 1 N–H and O–H groups in total. The predicted molar refractivity (Wildman–Crippen MR) is 139 cm³/mol. The number of piperazine rings is 1. The van der Waals surface area contributed by atoms with Crippen molar-refractivity contribution in [2.45, 2.75) is 43.8 Å². The second-order valence-corrected chi connectivity index (χ2v) is 12.3. The van der Waals surface area contributed by atoms with Crippen molar-refractivity contribution in [2.24, 2.45) is 0 Å². The molecule has 0 unspecified atom stereocenters. The monoisotopic (exact) mass is 539 g/mol. The average molecular weight is 541 g/mol. The number of benzene rings is 2. The summed E-state index contributed by atoms with van der Waals surface area (Å²) in [6.07, 6.45) is 3.13. The topological polar surface area (TPSA) is 81.2 Å². The van der Waals surface area contributed by atoms with Gasteiger partial charge < -0.3 is 10.0 Å². The van der Waals surface area contributed by atoms with Gasteiger partial charge in [-0.05, 0) is 61.1 Å². The Morgan fingerprint density at radius 2 is 1.37 bits per heavy atom. The highest BCUT2D eigenvalue weighted by molar-refractivity contribution is 7.88. The van der Waals surface area contributed by atoms with E-state index in [1.54, 1.807) is 4.31 Å². The van der Waals surface area contributed by atoms with Crippen molar-refractivity contribution < 1.29 is 18.3 Å². The number of amides is 1.